The van der Waals surface area contributed by atoms with Crippen LogP contribution in [0, 0.1) is 5.82 Å². The number of nitrogens with one attached hydrogen (secondary N) is 3. The van der Waals surface area contributed by atoms with Gasteiger partial charge in [0.1, 0.15) is 17.8 Å². The number of nitrogens with zero attached hydrogens (tertiary/aromatic N) is 6. The molecular weight excluding hydrogens is 428 g/mol. The van der Waals surface area contributed by atoms with Crippen molar-refractivity contribution >= 4 is 28.5 Å². The van der Waals surface area contributed by atoms with Crippen molar-refractivity contribution in [2.45, 2.75) is 25.1 Å². The Morgan fingerprint density at radius 3 is 2.79 bits per heavy atom. The topological polar surface area (TPSA) is 102 Å². The molecule has 1 fully saturated rings. The minimum atomic E-state index is -0.793. The SMILES string of the molecule is CN(C)CCN(Cc1cc(F)cc2[nH]ncc12)c1nccc(Nc2cc(C3CC3F)[nH]n2)n1. The van der Waals surface area contributed by atoms with E-state index in [4.69, 9.17) is 0 Å². The molecule has 0 amide bonds. The van der Waals surface area contributed by atoms with Gasteiger partial charge in [0, 0.05) is 48.9 Å². The van der Waals surface area contributed by atoms with E-state index in [2.05, 4.69) is 40.6 Å². The molecule has 0 aliphatic heterocycles. The number of benzene rings is 1. The summed E-state index contributed by atoms with van der Waals surface area (Å²) in [6.07, 6.45) is 3.10. The summed E-state index contributed by atoms with van der Waals surface area (Å²) in [5.41, 5.74) is 2.22. The molecule has 3 heterocycles. The van der Waals surface area contributed by atoms with Gasteiger partial charge in [0.2, 0.25) is 5.95 Å². The van der Waals surface area contributed by atoms with Crippen LogP contribution in [0.1, 0.15) is 23.6 Å². The molecule has 33 heavy (non-hydrogen) atoms. The van der Waals surface area contributed by atoms with Gasteiger partial charge < -0.3 is 15.1 Å². The molecule has 2 atom stereocenters. The molecule has 0 spiro atoms. The molecule has 0 radical (unpaired) electrons. The zero-order chi connectivity index (χ0) is 22.9. The molecule has 4 aromatic rings. The van der Waals surface area contributed by atoms with Crippen molar-refractivity contribution < 1.29 is 8.78 Å². The molecule has 11 heteroatoms. The van der Waals surface area contributed by atoms with Crippen LogP contribution in [0.15, 0.2) is 36.7 Å². The third-order valence-electron chi connectivity index (χ3n) is 5.68. The second kappa shape index (κ2) is 8.74. The van der Waals surface area contributed by atoms with E-state index in [1.807, 2.05) is 19.0 Å². The molecule has 172 valence electrons. The average Bonchev–Trinajstić information content (AvgIpc) is 3.15. The normalized spacial score (nSPS) is 17.6. The molecule has 0 saturated heterocycles. The lowest BCUT2D eigenvalue weighted by Gasteiger charge is -2.25. The van der Waals surface area contributed by atoms with Gasteiger partial charge in [-0.25, -0.2) is 13.8 Å². The van der Waals surface area contributed by atoms with Crippen molar-refractivity contribution in [2.75, 3.05) is 37.4 Å². The number of H-pyrrole nitrogens is 2. The molecule has 1 aliphatic carbocycles. The number of aromatic nitrogens is 6. The highest BCUT2D eigenvalue weighted by atomic mass is 19.1. The summed E-state index contributed by atoms with van der Waals surface area (Å²) in [5.74, 6) is 1.21. The highest BCUT2D eigenvalue weighted by Crippen LogP contribution is 2.43. The Balaban J connectivity index is 1.39. The van der Waals surface area contributed by atoms with Gasteiger partial charge in [0.05, 0.1) is 11.7 Å². The van der Waals surface area contributed by atoms with E-state index >= 15 is 0 Å². The van der Waals surface area contributed by atoms with Crippen LogP contribution in [0.3, 0.4) is 0 Å². The lowest BCUT2D eigenvalue weighted by atomic mass is 10.1. The molecule has 1 aromatic carbocycles. The summed E-state index contributed by atoms with van der Waals surface area (Å²) in [4.78, 5) is 13.2. The number of aromatic amines is 2. The molecule has 1 aliphatic rings. The van der Waals surface area contributed by atoms with Crippen LogP contribution < -0.4 is 10.2 Å². The molecule has 9 nitrogen and oxygen atoms in total. The van der Waals surface area contributed by atoms with Gasteiger partial charge in [-0.1, -0.05) is 0 Å². The first-order chi connectivity index (χ1) is 16.0. The first-order valence-corrected chi connectivity index (χ1v) is 10.8. The molecule has 1 saturated carbocycles. The molecule has 3 aromatic heterocycles. The second-order valence-electron chi connectivity index (χ2n) is 8.55. The van der Waals surface area contributed by atoms with Crippen LogP contribution in [0.25, 0.3) is 10.9 Å². The summed E-state index contributed by atoms with van der Waals surface area (Å²) >= 11 is 0. The van der Waals surface area contributed by atoms with E-state index in [9.17, 15) is 8.78 Å². The first kappa shape index (κ1) is 21.3. The average molecular weight is 454 g/mol. The Kier molecular flexibility index (Phi) is 5.63. The Labute approximate surface area is 189 Å². The van der Waals surface area contributed by atoms with Gasteiger partial charge in [0.15, 0.2) is 5.82 Å². The van der Waals surface area contributed by atoms with E-state index in [1.165, 1.54) is 12.1 Å². The summed E-state index contributed by atoms with van der Waals surface area (Å²) in [5, 5.41) is 18.0. The van der Waals surface area contributed by atoms with E-state index in [0.717, 1.165) is 23.2 Å². The highest BCUT2D eigenvalue weighted by molar-refractivity contribution is 5.82. The van der Waals surface area contributed by atoms with E-state index in [-0.39, 0.29) is 11.7 Å². The summed E-state index contributed by atoms with van der Waals surface area (Å²) < 4.78 is 27.5. The maximum absolute atomic E-state index is 14.2. The fourth-order valence-corrected chi connectivity index (χ4v) is 3.77. The van der Waals surface area contributed by atoms with Crippen LogP contribution in [0.5, 0.6) is 0 Å². The maximum atomic E-state index is 14.2. The smallest absolute Gasteiger partial charge is 0.227 e. The standard InChI is InChI=1S/C22H25F2N9/c1-32(2)5-6-33(12-13-7-14(23)8-18-16(13)11-26-29-18)22-25-4-3-20(28-22)27-21-10-19(30-31-21)15-9-17(15)24/h3-4,7-8,10-11,15,17H,5-6,9,12H2,1-2H3,(H,26,29)(H2,25,27,28,30,31). The number of alkyl halides is 1. The Hall–Kier alpha value is -3.60. The number of fused-ring (bicyclic) bond motifs is 1. The van der Waals surface area contributed by atoms with Gasteiger partial charge in [-0.05, 0) is 44.3 Å². The zero-order valence-electron chi connectivity index (χ0n) is 18.4. The van der Waals surface area contributed by atoms with Crippen LogP contribution in [0.2, 0.25) is 0 Å². The fourth-order valence-electron chi connectivity index (χ4n) is 3.77. The van der Waals surface area contributed by atoms with E-state index < -0.39 is 6.17 Å². The first-order valence-electron chi connectivity index (χ1n) is 10.8. The van der Waals surface area contributed by atoms with Gasteiger partial charge in [-0.2, -0.15) is 15.2 Å². The minimum Gasteiger partial charge on any atom is -0.335 e. The number of hydrogen-bond acceptors (Lipinski definition) is 7. The Bertz CT molecular complexity index is 1250. The number of hydrogen-bond donors (Lipinski definition) is 3. The van der Waals surface area contributed by atoms with Crippen molar-refractivity contribution in [3.63, 3.8) is 0 Å². The lowest BCUT2D eigenvalue weighted by molar-refractivity contribution is 0.411. The van der Waals surface area contributed by atoms with Crippen molar-refractivity contribution in [1.29, 1.82) is 0 Å². The quantitative estimate of drug-likeness (QED) is 0.357. The molecule has 3 N–H and O–H groups in total. The van der Waals surface area contributed by atoms with Crippen molar-refractivity contribution in [1.82, 2.24) is 35.3 Å². The number of rotatable bonds is 9. The highest BCUT2D eigenvalue weighted by Gasteiger charge is 2.40. The van der Waals surface area contributed by atoms with Gasteiger partial charge in [0.25, 0.3) is 0 Å². The molecule has 5 rings (SSSR count). The largest absolute Gasteiger partial charge is 0.335 e. The van der Waals surface area contributed by atoms with Gasteiger partial charge >= 0.3 is 0 Å². The third-order valence-corrected chi connectivity index (χ3v) is 5.68. The maximum Gasteiger partial charge on any atom is 0.227 e. The van der Waals surface area contributed by atoms with Crippen LogP contribution in [0.4, 0.5) is 26.4 Å². The second-order valence-corrected chi connectivity index (χ2v) is 8.55. The van der Waals surface area contributed by atoms with Crippen molar-refractivity contribution in [2.24, 2.45) is 0 Å². The predicted molar refractivity (Wildman–Crippen MR) is 122 cm³/mol. The molecule has 0 bridgehead atoms. The monoisotopic (exact) mass is 453 g/mol. The number of likely N-dealkylation sites (N-methyl/N-ethyl adjacent to an activating group) is 1. The fraction of sp³-hybridized carbons (Fsp3) is 0.364. The van der Waals surface area contributed by atoms with Gasteiger partial charge in [-0.15, -0.1) is 0 Å². The summed E-state index contributed by atoms with van der Waals surface area (Å²) in [6, 6.07) is 6.50. The number of halogens is 2. The van der Waals surface area contributed by atoms with E-state index in [0.29, 0.717) is 42.6 Å². The van der Waals surface area contributed by atoms with Crippen LogP contribution >= 0.6 is 0 Å². The Morgan fingerprint density at radius 2 is 2.00 bits per heavy atom. The minimum absolute atomic E-state index is 0.0958. The lowest BCUT2D eigenvalue weighted by Crippen LogP contribution is -2.32. The third kappa shape index (κ3) is 4.77. The number of anilines is 3. The summed E-state index contributed by atoms with van der Waals surface area (Å²) in [7, 11) is 3.98. The van der Waals surface area contributed by atoms with Crippen molar-refractivity contribution in [3.8, 4) is 0 Å². The van der Waals surface area contributed by atoms with Crippen LogP contribution in [-0.4, -0.2) is 68.6 Å². The summed E-state index contributed by atoms with van der Waals surface area (Å²) in [6.45, 7) is 1.81. The van der Waals surface area contributed by atoms with Crippen molar-refractivity contribution in [3.05, 3.63) is 53.7 Å². The Morgan fingerprint density at radius 1 is 1.15 bits per heavy atom. The van der Waals surface area contributed by atoms with Crippen LogP contribution in [-0.2, 0) is 6.54 Å². The zero-order valence-corrected chi connectivity index (χ0v) is 18.4. The molecule has 2 unspecified atom stereocenters. The van der Waals surface area contributed by atoms with Gasteiger partial charge in [-0.3, -0.25) is 10.2 Å². The predicted octanol–water partition coefficient (Wildman–Crippen LogP) is 3.35. The van der Waals surface area contributed by atoms with E-state index in [1.54, 1.807) is 24.5 Å². The molecular formula is C22H25F2N9.